The van der Waals surface area contributed by atoms with E-state index in [2.05, 4.69) is 10.1 Å². The van der Waals surface area contributed by atoms with Gasteiger partial charge in [0.1, 0.15) is 18.4 Å². The van der Waals surface area contributed by atoms with Crippen molar-refractivity contribution in [1.29, 1.82) is 0 Å². The second-order valence-corrected chi connectivity index (χ2v) is 8.13. The molecule has 1 fully saturated rings. The zero-order valence-electron chi connectivity index (χ0n) is 18.9. The van der Waals surface area contributed by atoms with Crippen LogP contribution in [0.1, 0.15) is 41.5 Å². The van der Waals surface area contributed by atoms with Crippen LogP contribution in [0.3, 0.4) is 0 Å². The van der Waals surface area contributed by atoms with Crippen molar-refractivity contribution >= 4 is 12.2 Å². The molecule has 0 bridgehead atoms. The van der Waals surface area contributed by atoms with E-state index in [0.717, 1.165) is 29.2 Å². The number of carboxylic acid groups (broad SMARTS) is 1. The van der Waals surface area contributed by atoms with Crippen LogP contribution in [0.2, 0.25) is 0 Å². The summed E-state index contributed by atoms with van der Waals surface area (Å²) in [5, 5.41) is 13.0. The monoisotopic (exact) mass is 527 g/mol. The number of alkyl halides is 6. The van der Waals surface area contributed by atoms with Gasteiger partial charge in [-0.25, -0.2) is 4.79 Å². The zero-order valence-corrected chi connectivity index (χ0v) is 18.9. The third-order valence-electron chi connectivity index (χ3n) is 5.65. The first-order valence-electron chi connectivity index (χ1n) is 10.9. The van der Waals surface area contributed by atoms with Crippen molar-refractivity contribution in [2.45, 2.75) is 31.2 Å². The Hall–Kier alpha value is -4.03. The van der Waals surface area contributed by atoms with Crippen LogP contribution >= 0.6 is 0 Å². The van der Waals surface area contributed by atoms with Gasteiger partial charge in [-0.3, -0.25) is 4.90 Å². The highest BCUT2D eigenvalue weighted by atomic mass is 19.4. The van der Waals surface area contributed by atoms with Gasteiger partial charge in [0.05, 0.1) is 11.1 Å². The van der Waals surface area contributed by atoms with Gasteiger partial charge in [-0.1, -0.05) is 23.4 Å². The van der Waals surface area contributed by atoms with Crippen molar-refractivity contribution < 1.29 is 45.5 Å². The van der Waals surface area contributed by atoms with Crippen LogP contribution in [-0.2, 0) is 12.4 Å². The number of halogens is 6. The Balaban J connectivity index is 1.48. The highest BCUT2D eigenvalue weighted by Gasteiger charge is 2.36. The standard InChI is InChI=1S/C24H19F6N3O4/c25-23(26,27)16-8-5-14(6-9-16)3-2-12-36-19-10-7-15(13-17(19)24(28,29)30)20-31-21(37-32-20)18-4-1-11-33(18)22(34)35/h2-3,5-10,13,18H,1,4,11-12H2,(H,34,35). The van der Waals surface area contributed by atoms with Crippen LogP contribution < -0.4 is 4.74 Å². The molecule has 37 heavy (non-hydrogen) atoms. The Labute approximate surface area is 206 Å². The molecule has 3 aromatic rings. The topological polar surface area (TPSA) is 88.7 Å². The van der Waals surface area contributed by atoms with E-state index in [0.29, 0.717) is 18.4 Å². The molecule has 2 aromatic carbocycles. The van der Waals surface area contributed by atoms with Gasteiger partial charge in [0, 0.05) is 12.1 Å². The fourth-order valence-corrected chi connectivity index (χ4v) is 3.86. The van der Waals surface area contributed by atoms with Crippen molar-refractivity contribution in [3.8, 4) is 17.1 Å². The molecule has 1 N–H and O–H groups in total. The first-order chi connectivity index (χ1) is 17.4. The molecule has 13 heteroatoms. The van der Waals surface area contributed by atoms with Crippen molar-refractivity contribution in [1.82, 2.24) is 15.0 Å². The number of carbonyl (C=O) groups is 1. The third-order valence-corrected chi connectivity index (χ3v) is 5.65. The lowest BCUT2D eigenvalue weighted by molar-refractivity contribution is -0.139. The minimum atomic E-state index is -4.78. The first-order valence-corrected chi connectivity index (χ1v) is 10.9. The van der Waals surface area contributed by atoms with E-state index in [9.17, 15) is 36.2 Å². The summed E-state index contributed by atoms with van der Waals surface area (Å²) in [6.45, 7) is 0.0117. The van der Waals surface area contributed by atoms with E-state index in [1.54, 1.807) is 0 Å². The molecule has 7 nitrogen and oxygen atoms in total. The summed E-state index contributed by atoms with van der Waals surface area (Å²) in [7, 11) is 0. The molecule has 0 saturated carbocycles. The van der Waals surface area contributed by atoms with Gasteiger partial charge in [0.15, 0.2) is 0 Å². The summed E-state index contributed by atoms with van der Waals surface area (Å²) in [6.07, 6.45) is -6.56. The van der Waals surface area contributed by atoms with Gasteiger partial charge >= 0.3 is 18.4 Å². The van der Waals surface area contributed by atoms with Crippen molar-refractivity contribution in [3.05, 3.63) is 71.1 Å². The Morgan fingerprint density at radius 2 is 1.84 bits per heavy atom. The molecule has 196 valence electrons. The Morgan fingerprint density at radius 3 is 2.49 bits per heavy atom. The lowest BCUT2D eigenvalue weighted by atomic mass is 10.1. The Bertz CT molecular complexity index is 1280. The van der Waals surface area contributed by atoms with Crippen molar-refractivity contribution in [2.75, 3.05) is 13.2 Å². The molecular formula is C24H19F6N3O4. The van der Waals surface area contributed by atoms with E-state index >= 15 is 0 Å². The summed E-state index contributed by atoms with van der Waals surface area (Å²) in [5.74, 6) is -0.603. The number of hydrogen-bond donors (Lipinski definition) is 1. The van der Waals surface area contributed by atoms with E-state index in [1.807, 2.05) is 0 Å². The quantitative estimate of drug-likeness (QED) is 0.360. The Morgan fingerprint density at radius 1 is 1.11 bits per heavy atom. The molecule has 1 aromatic heterocycles. The number of aromatic nitrogens is 2. The van der Waals surface area contributed by atoms with Crippen LogP contribution in [0.5, 0.6) is 5.75 Å². The van der Waals surface area contributed by atoms with Crippen LogP contribution in [0.25, 0.3) is 17.5 Å². The number of hydrogen-bond acceptors (Lipinski definition) is 5. The van der Waals surface area contributed by atoms with Crippen LogP contribution in [0.15, 0.2) is 53.1 Å². The molecule has 1 saturated heterocycles. The fourth-order valence-electron chi connectivity index (χ4n) is 3.86. The lowest BCUT2D eigenvalue weighted by Gasteiger charge is -2.17. The van der Waals surface area contributed by atoms with Crippen LogP contribution in [0.4, 0.5) is 31.1 Å². The highest BCUT2D eigenvalue weighted by Crippen LogP contribution is 2.39. The molecule has 4 rings (SSSR count). The number of ether oxygens (including phenoxy) is 1. The predicted molar refractivity (Wildman–Crippen MR) is 117 cm³/mol. The molecule has 1 atom stereocenters. The summed E-state index contributed by atoms with van der Waals surface area (Å²) in [4.78, 5) is 16.6. The zero-order chi connectivity index (χ0) is 26.8. The minimum absolute atomic E-state index is 0.00260. The second kappa shape index (κ2) is 10.1. The van der Waals surface area contributed by atoms with Crippen molar-refractivity contribution in [2.24, 2.45) is 0 Å². The molecule has 1 aliphatic rings. The van der Waals surface area contributed by atoms with Crippen LogP contribution in [0, 0.1) is 0 Å². The first kappa shape index (κ1) is 26.0. The average molecular weight is 527 g/mol. The van der Waals surface area contributed by atoms with E-state index in [-0.39, 0.29) is 30.4 Å². The molecule has 1 amide bonds. The maximum Gasteiger partial charge on any atom is 0.419 e. The molecular weight excluding hydrogens is 508 g/mol. The molecule has 1 aliphatic heterocycles. The van der Waals surface area contributed by atoms with Crippen molar-refractivity contribution in [3.63, 3.8) is 0 Å². The van der Waals surface area contributed by atoms with Gasteiger partial charge < -0.3 is 14.4 Å². The van der Waals surface area contributed by atoms with E-state index in [1.165, 1.54) is 30.4 Å². The number of rotatable bonds is 6. The van der Waals surface area contributed by atoms with E-state index < -0.39 is 41.4 Å². The smallest absolute Gasteiger partial charge is 0.419 e. The van der Waals surface area contributed by atoms with Gasteiger partial charge in [-0.05, 0) is 54.8 Å². The van der Waals surface area contributed by atoms with Gasteiger partial charge in [0.25, 0.3) is 0 Å². The fraction of sp³-hybridized carbons (Fsp3) is 0.292. The maximum atomic E-state index is 13.7. The third kappa shape index (κ3) is 6.04. The predicted octanol–water partition coefficient (Wildman–Crippen LogP) is 6.68. The van der Waals surface area contributed by atoms with Gasteiger partial charge in [-0.2, -0.15) is 31.3 Å². The summed E-state index contributed by atoms with van der Waals surface area (Å²) >= 11 is 0. The number of benzene rings is 2. The summed E-state index contributed by atoms with van der Waals surface area (Å²) in [6, 6.07) is 6.80. The maximum absolute atomic E-state index is 13.7. The normalized spacial score (nSPS) is 16.5. The molecule has 0 radical (unpaired) electrons. The largest absolute Gasteiger partial charge is 0.489 e. The molecule has 0 aliphatic carbocycles. The Kier molecular flexibility index (Phi) is 7.14. The number of amides is 1. The summed E-state index contributed by atoms with van der Waals surface area (Å²) < 4.78 is 89.5. The minimum Gasteiger partial charge on any atom is -0.489 e. The number of nitrogens with zero attached hydrogens (tertiary/aromatic N) is 3. The number of likely N-dealkylation sites (tertiary alicyclic amines) is 1. The average Bonchev–Trinajstić information content (AvgIpc) is 3.51. The molecule has 1 unspecified atom stereocenters. The lowest BCUT2D eigenvalue weighted by Crippen LogP contribution is -2.28. The highest BCUT2D eigenvalue weighted by molar-refractivity contribution is 5.66. The molecule has 0 spiro atoms. The van der Waals surface area contributed by atoms with Gasteiger partial charge in [-0.15, -0.1) is 0 Å². The van der Waals surface area contributed by atoms with E-state index in [4.69, 9.17) is 9.26 Å². The SMILES string of the molecule is O=C(O)N1CCCC1c1nc(-c2ccc(OCC=Cc3ccc(C(F)(F)F)cc3)c(C(F)(F)F)c2)no1. The molecule has 2 heterocycles. The van der Waals surface area contributed by atoms with Crippen LogP contribution in [-0.4, -0.2) is 39.4 Å². The summed E-state index contributed by atoms with van der Waals surface area (Å²) in [5.41, 5.74) is -1.49. The van der Waals surface area contributed by atoms with Gasteiger partial charge in [0.2, 0.25) is 11.7 Å². The second-order valence-electron chi connectivity index (χ2n) is 8.13.